The Morgan fingerprint density at radius 1 is 1.03 bits per heavy atom. The van der Waals surface area contributed by atoms with Crippen molar-refractivity contribution in [3.05, 3.63) is 81.8 Å². The van der Waals surface area contributed by atoms with Gasteiger partial charge in [-0.05, 0) is 31.5 Å². The Morgan fingerprint density at radius 3 is 2.23 bits per heavy atom. The molecule has 0 unspecified atom stereocenters. The van der Waals surface area contributed by atoms with Gasteiger partial charge in [-0.2, -0.15) is 4.31 Å². The lowest BCUT2D eigenvalue weighted by Crippen LogP contribution is -2.37. The van der Waals surface area contributed by atoms with Crippen LogP contribution in [0.2, 0.25) is 0 Å². The van der Waals surface area contributed by atoms with Gasteiger partial charge in [0.15, 0.2) is 0 Å². The molecule has 0 aliphatic carbocycles. The molecule has 31 heavy (non-hydrogen) atoms. The van der Waals surface area contributed by atoms with Gasteiger partial charge in [0.2, 0.25) is 15.9 Å². The van der Waals surface area contributed by atoms with Crippen molar-refractivity contribution >= 4 is 21.6 Å². The molecular formula is C22H26N4O4S. The molecule has 3 rings (SSSR count). The second-order valence-corrected chi connectivity index (χ2v) is 9.48. The van der Waals surface area contributed by atoms with Gasteiger partial charge in [0.05, 0.1) is 24.2 Å². The highest BCUT2D eigenvalue weighted by atomic mass is 32.2. The van der Waals surface area contributed by atoms with E-state index in [9.17, 15) is 18.0 Å². The van der Waals surface area contributed by atoms with Crippen LogP contribution in [0.1, 0.15) is 16.8 Å². The number of anilines is 1. The third-order valence-electron chi connectivity index (χ3n) is 5.09. The van der Waals surface area contributed by atoms with Gasteiger partial charge in [-0.25, -0.2) is 13.1 Å². The molecule has 1 amide bonds. The van der Waals surface area contributed by atoms with Gasteiger partial charge in [0.25, 0.3) is 5.56 Å². The smallest absolute Gasteiger partial charge is 0.295 e. The Hall–Kier alpha value is -3.17. The molecule has 3 aromatic rings. The fourth-order valence-corrected chi connectivity index (χ4v) is 3.97. The Labute approximate surface area is 181 Å². The zero-order valence-corrected chi connectivity index (χ0v) is 18.8. The van der Waals surface area contributed by atoms with Crippen LogP contribution in [0.3, 0.4) is 0 Å². The number of nitrogens with zero attached hydrogens (tertiary/aromatic N) is 3. The number of hydrogen-bond acceptors (Lipinski definition) is 4. The molecule has 0 fully saturated rings. The fourth-order valence-electron chi connectivity index (χ4n) is 3.24. The maximum atomic E-state index is 12.9. The molecular weight excluding hydrogens is 416 g/mol. The largest absolute Gasteiger partial charge is 0.319 e. The summed E-state index contributed by atoms with van der Waals surface area (Å²) in [6, 6.07) is 16.5. The van der Waals surface area contributed by atoms with E-state index in [0.29, 0.717) is 11.4 Å². The first-order valence-electron chi connectivity index (χ1n) is 9.72. The summed E-state index contributed by atoms with van der Waals surface area (Å²) in [5, 5.41) is 2.61. The summed E-state index contributed by atoms with van der Waals surface area (Å²) in [5.41, 5.74) is 2.79. The van der Waals surface area contributed by atoms with Crippen LogP contribution in [0.25, 0.3) is 5.69 Å². The van der Waals surface area contributed by atoms with Gasteiger partial charge < -0.3 is 5.32 Å². The van der Waals surface area contributed by atoms with Crippen molar-refractivity contribution in [2.45, 2.75) is 20.4 Å². The Kier molecular flexibility index (Phi) is 6.47. The van der Waals surface area contributed by atoms with E-state index in [1.54, 1.807) is 30.8 Å². The van der Waals surface area contributed by atoms with Crippen LogP contribution in [0.15, 0.2) is 59.4 Å². The highest BCUT2D eigenvalue weighted by Gasteiger charge is 2.23. The van der Waals surface area contributed by atoms with Gasteiger partial charge in [-0.15, -0.1) is 0 Å². The van der Waals surface area contributed by atoms with Crippen molar-refractivity contribution in [1.29, 1.82) is 0 Å². The van der Waals surface area contributed by atoms with Crippen molar-refractivity contribution in [3.63, 3.8) is 0 Å². The summed E-state index contributed by atoms with van der Waals surface area (Å²) in [6.07, 6.45) is 1.06. The van der Waals surface area contributed by atoms with E-state index in [1.807, 2.05) is 49.4 Å². The SMILES string of the molecule is Cc1ccc(CN(CC(=O)Nc2c(C)n(C)n(-c3ccccc3)c2=O)S(C)(=O)=O)cc1. The summed E-state index contributed by atoms with van der Waals surface area (Å²) in [4.78, 5) is 25.6. The first kappa shape index (κ1) is 22.5. The van der Waals surface area contributed by atoms with E-state index in [4.69, 9.17) is 0 Å². The monoisotopic (exact) mass is 442 g/mol. The first-order chi connectivity index (χ1) is 14.6. The van der Waals surface area contributed by atoms with Gasteiger partial charge in [-0.3, -0.25) is 14.3 Å². The van der Waals surface area contributed by atoms with Crippen LogP contribution >= 0.6 is 0 Å². The zero-order valence-electron chi connectivity index (χ0n) is 18.0. The molecule has 0 atom stereocenters. The highest BCUT2D eigenvalue weighted by molar-refractivity contribution is 7.88. The molecule has 0 saturated heterocycles. The lowest BCUT2D eigenvalue weighted by molar-refractivity contribution is -0.116. The number of amides is 1. The van der Waals surface area contributed by atoms with E-state index in [1.165, 1.54) is 4.68 Å². The van der Waals surface area contributed by atoms with Crippen molar-refractivity contribution < 1.29 is 13.2 Å². The summed E-state index contributed by atoms with van der Waals surface area (Å²) >= 11 is 0. The number of sulfonamides is 1. The maximum absolute atomic E-state index is 12.9. The van der Waals surface area contributed by atoms with Crippen LogP contribution in [0.4, 0.5) is 5.69 Å². The number of rotatable bonds is 7. The fraction of sp³-hybridized carbons (Fsp3) is 0.273. The molecule has 0 bridgehead atoms. The van der Waals surface area contributed by atoms with E-state index in [0.717, 1.165) is 21.7 Å². The predicted octanol–water partition coefficient (Wildman–Crippen LogP) is 2.19. The number of hydrogen-bond donors (Lipinski definition) is 1. The highest BCUT2D eigenvalue weighted by Crippen LogP contribution is 2.15. The van der Waals surface area contributed by atoms with Gasteiger partial charge in [-0.1, -0.05) is 48.0 Å². The van der Waals surface area contributed by atoms with Gasteiger partial charge in [0, 0.05) is 13.6 Å². The van der Waals surface area contributed by atoms with Crippen LogP contribution in [-0.4, -0.2) is 40.8 Å². The quantitative estimate of drug-likeness (QED) is 0.607. The standard InChI is InChI=1S/C22H26N4O4S/c1-16-10-12-18(13-11-16)14-25(31(4,29)30)15-20(27)23-21-17(2)24(3)26(22(21)28)19-8-6-5-7-9-19/h5-13H,14-15H2,1-4H3,(H,23,27). The number of benzene rings is 2. The summed E-state index contributed by atoms with van der Waals surface area (Å²) in [5.74, 6) is -0.580. The van der Waals surface area contributed by atoms with Crippen LogP contribution in [0, 0.1) is 13.8 Å². The van der Waals surface area contributed by atoms with Crippen molar-refractivity contribution in [2.75, 3.05) is 18.1 Å². The Morgan fingerprint density at radius 2 is 1.65 bits per heavy atom. The molecule has 8 nitrogen and oxygen atoms in total. The number of carbonyl (C=O) groups excluding carboxylic acids is 1. The molecule has 0 radical (unpaired) electrons. The summed E-state index contributed by atoms with van der Waals surface area (Å²) < 4.78 is 28.7. The molecule has 0 saturated carbocycles. The topological polar surface area (TPSA) is 93.4 Å². The Bertz CT molecular complexity index is 1240. The van der Waals surface area contributed by atoms with E-state index >= 15 is 0 Å². The normalized spacial score (nSPS) is 11.6. The third kappa shape index (κ3) is 5.12. The Balaban J connectivity index is 1.83. The number of aryl methyl sites for hydroxylation is 1. The average Bonchev–Trinajstić information content (AvgIpc) is 2.92. The molecule has 2 aromatic carbocycles. The van der Waals surface area contributed by atoms with Crippen LogP contribution in [0.5, 0.6) is 0 Å². The van der Waals surface area contributed by atoms with Crippen LogP contribution < -0.4 is 10.9 Å². The number of nitrogens with one attached hydrogen (secondary N) is 1. The molecule has 1 aromatic heterocycles. The number of carbonyl (C=O) groups is 1. The predicted molar refractivity (Wildman–Crippen MR) is 121 cm³/mol. The van der Waals surface area contributed by atoms with Gasteiger partial charge >= 0.3 is 0 Å². The second-order valence-electron chi connectivity index (χ2n) is 7.50. The minimum atomic E-state index is -3.64. The molecule has 9 heteroatoms. The van der Waals surface area contributed by atoms with E-state index in [2.05, 4.69) is 5.32 Å². The van der Waals surface area contributed by atoms with Gasteiger partial charge in [0.1, 0.15) is 5.69 Å². The number of aromatic nitrogens is 2. The molecule has 164 valence electrons. The second kappa shape index (κ2) is 8.91. The summed E-state index contributed by atoms with van der Waals surface area (Å²) in [7, 11) is -1.92. The van der Waals surface area contributed by atoms with Crippen molar-refractivity contribution in [3.8, 4) is 5.69 Å². The first-order valence-corrected chi connectivity index (χ1v) is 11.6. The zero-order chi connectivity index (χ0) is 22.8. The van der Waals surface area contributed by atoms with Crippen molar-refractivity contribution in [2.24, 2.45) is 7.05 Å². The lowest BCUT2D eigenvalue weighted by Gasteiger charge is -2.19. The molecule has 0 aliphatic heterocycles. The third-order valence-corrected chi connectivity index (χ3v) is 6.28. The number of para-hydroxylation sites is 1. The minimum absolute atomic E-state index is 0.0640. The van der Waals surface area contributed by atoms with Crippen LogP contribution in [-0.2, 0) is 28.4 Å². The average molecular weight is 443 g/mol. The minimum Gasteiger partial charge on any atom is -0.319 e. The van der Waals surface area contributed by atoms with E-state index < -0.39 is 22.5 Å². The van der Waals surface area contributed by atoms with Crippen molar-refractivity contribution in [1.82, 2.24) is 13.7 Å². The lowest BCUT2D eigenvalue weighted by atomic mass is 10.1. The molecule has 1 N–H and O–H groups in total. The molecule has 0 spiro atoms. The maximum Gasteiger partial charge on any atom is 0.295 e. The van der Waals surface area contributed by atoms with E-state index in [-0.39, 0.29) is 17.8 Å². The summed E-state index contributed by atoms with van der Waals surface area (Å²) in [6.45, 7) is 3.33. The molecule has 0 aliphatic rings. The molecule has 1 heterocycles.